The van der Waals surface area contributed by atoms with E-state index in [9.17, 15) is 9.59 Å². The van der Waals surface area contributed by atoms with Gasteiger partial charge in [0.2, 0.25) is 0 Å². The van der Waals surface area contributed by atoms with Gasteiger partial charge in [-0.25, -0.2) is 0 Å². The van der Waals surface area contributed by atoms with Crippen LogP contribution in [0.4, 0.5) is 0 Å². The Kier molecular flexibility index (Phi) is 2.47. The molecular weight excluding hydrogens is 158 g/mol. The van der Waals surface area contributed by atoms with Crippen molar-refractivity contribution >= 4 is 12.2 Å². The molecule has 0 saturated carbocycles. The second-order valence-corrected chi connectivity index (χ2v) is 2.50. The minimum absolute atomic E-state index is 0.187. The summed E-state index contributed by atoms with van der Waals surface area (Å²) in [6.07, 6.45) is 0.673. The zero-order chi connectivity index (χ0) is 9.14. The predicted octanol–water partition coefficient (Wildman–Crippen LogP) is -0.0521. The summed E-state index contributed by atoms with van der Waals surface area (Å²) < 4.78 is 4.82. The summed E-state index contributed by atoms with van der Waals surface area (Å²) in [5.74, 6) is -0.00560. The fourth-order valence-corrected chi connectivity index (χ4v) is 1.19. The number of methoxy groups -OCH3 is 1. The van der Waals surface area contributed by atoms with E-state index < -0.39 is 0 Å². The maximum absolute atomic E-state index is 11.3. The summed E-state index contributed by atoms with van der Waals surface area (Å²) in [5, 5.41) is 0. The van der Waals surface area contributed by atoms with E-state index in [-0.39, 0.29) is 11.7 Å². The van der Waals surface area contributed by atoms with Gasteiger partial charge < -0.3 is 9.64 Å². The molecule has 0 spiro atoms. The lowest BCUT2D eigenvalue weighted by atomic mass is 10.3. The minimum atomic E-state index is -0.192. The Morgan fingerprint density at radius 1 is 1.67 bits per heavy atom. The van der Waals surface area contributed by atoms with E-state index in [4.69, 9.17) is 4.74 Å². The summed E-state index contributed by atoms with van der Waals surface area (Å²) in [6.45, 7) is 2.84. The van der Waals surface area contributed by atoms with Gasteiger partial charge in [0.05, 0.1) is 19.2 Å². The van der Waals surface area contributed by atoms with Crippen molar-refractivity contribution in [3.8, 4) is 0 Å². The van der Waals surface area contributed by atoms with Crippen molar-refractivity contribution in [3.05, 3.63) is 11.3 Å². The SMILES string of the molecule is CCN1CC(C=O)=C(OC)C1=O. The van der Waals surface area contributed by atoms with Gasteiger partial charge in [-0.15, -0.1) is 0 Å². The van der Waals surface area contributed by atoms with Gasteiger partial charge in [-0.3, -0.25) is 9.59 Å². The van der Waals surface area contributed by atoms with Crippen molar-refractivity contribution in [2.45, 2.75) is 6.92 Å². The molecule has 0 atom stereocenters. The molecule has 1 amide bonds. The fraction of sp³-hybridized carbons (Fsp3) is 0.500. The first-order valence-corrected chi connectivity index (χ1v) is 3.76. The lowest BCUT2D eigenvalue weighted by molar-refractivity contribution is -0.128. The molecule has 4 heteroatoms. The average molecular weight is 169 g/mol. The van der Waals surface area contributed by atoms with Crippen molar-refractivity contribution in [2.24, 2.45) is 0 Å². The standard InChI is InChI=1S/C8H11NO3/c1-3-9-4-6(5-10)7(12-2)8(9)11/h5H,3-4H2,1-2H3. The average Bonchev–Trinajstić information content (AvgIpc) is 2.41. The number of hydrogen-bond donors (Lipinski definition) is 0. The largest absolute Gasteiger partial charge is 0.491 e. The van der Waals surface area contributed by atoms with Crippen molar-refractivity contribution in [1.29, 1.82) is 0 Å². The molecule has 4 nitrogen and oxygen atoms in total. The summed E-state index contributed by atoms with van der Waals surface area (Å²) in [6, 6.07) is 0. The predicted molar refractivity (Wildman–Crippen MR) is 42.4 cm³/mol. The van der Waals surface area contributed by atoms with Gasteiger partial charge >= 0.3 is 0 Å². The molecule has 0 unspecified atom stereocenters. The molecule has 1 aliphatic rings. The molecule has 0 aliphatic carbocycles. The van der Waals surface area contributed by atoms with Crippen LogP contribution in [0.3, 0.4) is 0 Å². The number of rotatable bonds is 3. The molecule has 1 aliphatic heterocycles. The van der Waals surface area contributed by atoms with E-state index in [0.717, 1.165) is 0 Å². The van der Waals surface area contributed by atoms with Crippen molar-refractivity contribution < 1.29 is 14.3 Å². The Morgan fingerprint density at radius 2 is 2.33 bits per heavy atom. The highest BCUT2D eigenvalue weighted by atomic mass is 16.5. The van der Waals surface area contributed by atoms with Gasteiger partial charge in [-0.2, -0.15) is 0 Å². The number of hydrogen-bond acceptors (Lipinski definition) is 3. The Morgan fingerprint density at radius 3 is 2.67 bits per heavy atom. The van der Waals surface area contributed by atoms with Crippen LogP contribution in [-0.2, 0) is 14.3 Å². The highest BCUT2D eigenvalue weighted by Gasteiger charge is 2.29. The molecule has 66 valence electrons. The van der Waals surface area contributed by atoms with Crippen LogP contribution in [0.25, 0.3) is 0 Å². The zero-order valence-electron chi connectivity index (χ0n) is 7.16. The maximum atomic E-state index is 11.3. The Bertz CT molecular complexity index is 245. The van der Waals surface area contributed by atoms with E-state index in [0.29, 0.717) is 24.9 Å². The first kappa shape index (κ1) is 8.77. The number of carbonyl (C=O) groups is 2. The molecule has 0 radical (unpaired) electrons. The van der Waals surface area contributed by atoms with Crippen LogP contribution in [0, 0.1) is 0 Å². The van der Waals surface area contributed by atoms with Gasteiger partial charge in [0.15, 0.2) is 12.0 Å². The third kappa shape index (κ3) is 1.20. The summed E-state index contributed by atoms with van der Waals surface area (Å²) in [7, 11) is 1.40. The molecule has 0 fully saturated rings. The van der Waals surface area contributed by atoms with Gasteiger partial charge in [-0.1, -0.05) is 0 Å². The van der Waals surface area contributed by atoms with Gasteiger partial charge in [0, 0.05) is 6.54 Å². The number of likely N-dealkylation sites (N-methyl/N-ethyl adjacent to an activating group) is 1. The van der Waals surface area contributed by atoms with Crippen LogP contribution in [0.1, 0.15) is 6.92 Å². The van der Waals surface area contributed by atoms with Crippen molar-refractivity contribution in [2.75, 3.05) is 20.2 Å². The van der Waals surface area contributed by atoms with Crippen LogP contribution in [0.15, 0.2) is 11.3 Å². The summed E-state index contributed by atoms with van der Waals surface area (Å²) in [4.78, 5) is 23.3. The van der Waals surface area contributed by atoms with E-state index in [2.05, 4.69) is 0 Å². The van der Waals surface area contributed by atoms with Gasteiger partial charge in [-0.05, 0) is 6.92 Å². The van der Waals surface area contributed by atoms with Crippen LogP contribution in [-0.4, -0.2) is 37.3 Å². The van der Waals surface area contributed by atoms with E-state index >= 15 is 0 Å². The topological polar surface area (TPSA) is 46.6 Å². The maximum Gasteiger partial charge on any atom is 0.289 e. The van der Waals surface area contributed by atoms with Crippen LogP contribution in [0.2, 0.25) is 0 Å². The first-order valence-electron chi connectivity index (χ1n) is 3.76. The summed E-state index contributed by atoms with van der Waals surface area (Å²) in [5.41, 5.74) is 0.435. The quantitative estimate of drug-likeness (QED) is 0.556. The molecule has 0 saturated heterocycles. The molecular formula is C8H11NO3. The Labute approximate surface area is 70.8 Å². The van der Waals surface area contributed by atoms with E-state index in [1.165, 1.54) is 7.11 Å². The number of ether oxygens (including phenoxy) is 1. The van der Waals surface area contributed by atoms with Gasteiger partial charge in [0.25, 0.3) is 5.91 Å². The molecule has 0 aromatic heterocycles. The van der Waals surface area contributed by atoms with Crippen molar-refractivity contribution in [1.82, 2.24) is 4.90 Å². The monoisotopic (exact) mass is 169 g/mol. The molecule has 0 aromatic rings. The number of aldehydes is 1. The fourth-order valence-electron chi connectivity index (χ4n) is 1.19. The molecule has 0 N–H and O–H groups in total. The van der Waals surface area contributed by atoms with E-state index in [1.807, 2.05) is 6.92 Å². The molecule has 0 aromatic carbocycles. The number of nitrogens with zero attached hydrogens (tertiary/aromatic N) is 1. The molecule has 0 bridgehead atoms. The van der Waals surface area contributed by atoms with Crippen LogP contribution >= 0.6 is 0 Å². The third-order valence-electron chi connectivity index (χ3n) is 1.86. The first-order chi connectivity index (χ1) is 5.74. The Balaban J connectivity index is 2.89. The normalized spacial score (nSPS) is 17.2. The van der Waals surface area contributed by atoms with Crippen LogP contribution < -0.4 is 0 Å². The summed E-state index contributed by atoms with van der Waals surface area (Å²) >= 11 is 0. The third-order valence-corrected chi connectivity index (χ3v) is 1.86. The number of amides is 1. The highest BCUT2D eigenvalue weighted by molar-refractivity contribution is 6.01. The molecule has 1 heterocycles. The van der Waals surface area contributed by atoms with Crippen molar-refractivity contribution in [3.63, 3.8) is 0 Å². The highest BCUT2D eigenvalue weighted by Crippen LogP contribution is 2.17. The lowest BCUT2D eigenvalue weighted by Crippen LogP contribution is -2.27. The molecule has 12 heavy (non-hydrogen) atoms. The van der Waals surface area contributed by atoms with Crippen LogP contribution in [0.5, 0.6) is 0 Å². The molecule has 1 rings (SSSR count). The second kappa shape index (κ2) is 3.38. The minimum Gasteiger partial charge on any atom is -0.491 e. The van der Waals surface area contributed by atoms with Gasteiger partial charge in [0.1, 0.15) is 0 Å². The smallest absolute Gasteiger partial charge is 0.289 e. The lowest BCUT2D eigenvalue weighted by Gasteiger charge is -2.11. The zero-order valence-corrected chi connectivity index (χ0v) is 7.16. The van der Waals surface area contributed by atoms with E-state index in [1.54, 1.807) is 4.90 Å². The second-order valence-electron chi connectivity index (χ2n) is 2.50. The Hall–Kier alpha value is -1.32. The number of carbonyl (C=O) groups excluding carboxylic acids is 2.